The van der Waals surface area contributed by atoms with Crippen LogP contribution in [0.1, 0.15) is 22.5 Å². The lowest BCUT2D eigenvalue weighted by atomic mass is 10.1. The summed E-state index contributed by atoms with van der Waals surface area (Å²) in [5.74, 6) is 0.0440. The van der Waals surface area contributed by atoms with Crippen molar-refractivity contribution in [3.63, 3.8) is 0 Å². The molecule has 120 valence electrons. The second-order valence-corrected chi connectivity index (χ2v) is 7.03. The van der Waals surface area contributed by atoms with E-state index in [1.807, 2.05) is 42.5 Å². The lowest BCUT2D eigenvalue weighted by molar-refractivity contribution is -0.117. The second kappa shape index (κ2) is 6.09. The van der Waals surface area contributed by atoms with Crippen molar-refractivity contribution >= 4 is 44.6 Å². The van der Waals surface area contributed by atoms with E-state index in [2.05, 4.69) is 10.6 Å². The minimum Gasteiger partial charge on any atom is -0.321 e. The first kappa shape index (κ1) is 14.9. The Labute approximate surface area is 143 Å². The highest BCUT2D eigenvalue weighted by atomic mass is 32.1. The quantitative estimate of drug-likeness (QED) is 0.737. The summed E-state index contributed by atoms with van der Waals surface area (Å²) >= 11 is 1.29. The molecule has 1 aliphatic rings. The van der Waals surface area contributed by atoms with Gasteiger partial charge in [-0.2, -0.15) is 0 Å². The zero-order valence-corrected chi connectivity index (χ0v) is 13.7. The zero-order chi connectivity index (χ0) is 16.5. The average Bonchev–Trinajstić information content (AvgIpc) is 3.34. The molecule has 1 aliphatic carbocycles. The SMILES string of the molecule is O=C(Nc1ccc2ccccc2c1)c1ccc(NC(=O)C2CC2)s1. The van der Waals surface area contributed by atoms with Crippen molar-refractivity contribution in [2.75, 3.05) is 10.6 Å². The number of fused-ring (bicyclic) bond motifs is 1. The van der Waals surface area contributed by atoms with E-state index < -0.39 is 0 Å². The molecule has 4 nitrogen and oxygen atoms in total. The largest absolute Gasteiger partial charge is 0.321 e. The van der Waals surface area contributed by atoms with Gasteiger partial charge in [-0.05, 0) is 47.9 Å². The van der Waals surface area contributed by atoms with Crippen LogP contribution in [0.25, 0.3) is 10.8 Å². The molecular formula is C19H16N2O2S. The smallest absolute Gasteiger partial charge is 0.265 e. The Morgan fingerprint density at radius 2 is 1.71 bits per heavy atom. The number of hydrogen-bond donors (Lipinski definition) is 2. The van der Waals surface area contributed by atoms with E-state index in [0.717, 1.165) is 34.3 Å². The number of thiophene rings is 1. The maximum atomic E-state index is 12.4. The number of hydrogen-bond acceptors (Lipinski definition) is 3. The van der Waals surface area contributed by atoms with Crippen molar-refractivity contribution in [3.05, 3.63) is 59.5 Å². The van der Waals surface area contributed by atoms with Crippen LogP contribution in [0.15, 0.2) is 54.6 Å². The molecule has 0 spiro atoms. The molecule has 2 amide bonds. The molecule has 0 saturated heterocycles. The normalized spacial score (nSPS) is 13.7. The number of carbonyl (C=O) groups is 2. The van der Waals surface area contributed by atoms with Crippen LogP contribution in [-0.4, -0.2) is 11.8 Å². The van der Waals surface area contributed by atoms with Crippen LogP contribution in [0.4, 0.5) is 10.7 Å². The Bertz CT molecular complexity index is 928. The third-order valence-electron chi connectivity index (χ3n) is 4.03. The molecular weight excluding hydrogens is 320 g/mol. The van der Waals surface area contributed by atoms with Gasteiger partial charge < -0.3 is 10.6 Å². The maximum Gasteiger partial charge on any atom is 0.265 e. The van der Waals surface area contributed by atoms with Gasteiger partial charge >= 0.3 is 0 Å². The summed E-state index contributed by atoms with van der Waals surface area (Å²) in [6, 6.07) is 17.4. The van der Waals surface area contributed by atoms with Crippen LogP contribution in [0.2, 0.25) is 0 Å². The second-order valence-electron chi connectivity index (χ2n) is 5.94. The van der Waals surface area contributed by atoms with E-state index in [1.165, 1.54) is 11.3 Å². The first-order chi connectivity index (χ1) is 11.7. The lowest BCUT2D eigenvalue weighted by Gasteiger charge is -2.05. The van der Waals surface area contributed by atoms with Crippen molar-refractivity contribution in [1.29, 1.82) is 0 Å². The molecule has 2 N–H and O–H groups in total. The lowest BCUT2D eigenvalue weighted by Crippen LogP contribution is -2.12. The number of anilines is 2. The summed E-state index contributed by atoms with van der Waals surface area (Å²) < 4.78 is 0. The summed E-state index contributed by atoms with van der Waals surface area (Å²) in [7, 11) is 0. The fourth-order valence-corrected chi connectivity index (χ4v) is 3.36. The minimum absolute atomic E-state index is 0.0540. The van der Waals surface area contributed by atoms with Gasteiger partial charge in [0.15, 0.2) is 0 Å². The van der Waals surface area contributed by atoms with Crippen LogP contribution in [0.5, 0.6) is 0 Å². The molecule has 1 heterocycles. The van der Waals surface area contributed by atoms with Crippen LogP contribution >= 0.6 is 11.3 Å². The highest BCUT2D eigenvalue weighted by Gasteiger charge is 2.29. The van der Waals surface area contributed by atoms with E-state index in [0.29, 0.717) is 4.88 Å². The van der Waals surface area contributed by atoms with Gasteiger partial charge in [-0.3, -0.25) is 9.59 Å². The molecule has 1 saturated carbocycles. The molecule has 24 heavy (non-hydrogen) atoms. The fourth-order valence-electron chi connectivity index (χ4n) is 2.56. The molecule has 1 fully saturated rings. The first-order valence-corrected chi connectivity index (χ1v) is 8.71. The molecule has 0 radical (unpaired) electrons. The topological polar surface area (TPSA) is 58.2 Å². The highest BCUT2D eigenvalue weighted by Crippen LogP contribution is 2.31. The van der Waals surface area contributed by atoms with E-state index in [9.17, 15) is 9.59 Å². The molecule has 1 aromatic heterocycles. The Kier molecular flexibility index (Phi) is 3.78. The van der Waals surface area contributed by atoms with Crippen LogP contribution in [0.3, 0.4) is 0 Å². The van der Waals surface area contributed by atoms with Crippen molar-refractivity contribution in [3.8, 4) is 0 Å². The summed E-state index contributed by atoms with van der Waals surface area (Å²) in [4.78, 5) is 24.7. The molecule has 2 aromatic carbocycles. The summed E-state index contributed by atoms with van der Waals surface area (Å²) in [6.45, 7) is 0. The maximum absolute atomic E-state index is 12.4. The van der Waals surface area contributed by atoms with E-state index in [1.54, 1.807) is 12.1 Å². The fraction of sp³-hybridized carbons (Fsp3) is 0.158. The summed E-state index contributed by atoms with van der Waals surface area (Å²) in [6.07, 6.45) is 1.93. The van der Waals surface area contributed by atoms with Gasteiger partial charge in [0.25, 0.3) is 5.91 Å². The standard InChI is InChI=1S/C19H16N2O2S/c22-18(13-5-6-13)21-17-10-9-16(24-17)19(23)20-15-8-7-12-3-1-2-4-14(12)11-15/h1-4,7-11,13H,5-6H2,(H,20,23)(H,21,22). The Hall–Kier alpha value is -2.66. The molecule has 3 aromatic rings. The molecule has 0 aliphatic heterocycles. The Balaban J connectivity index is 1.46. The number of benzene rings is 2. The monoisotopic (exact) mass is 336 g/mol. The molecule has 0 bridgehead atoms. The van der Waals surface area contributed by atoms with Crippen LogP contribution in [0, 0.1) is 5.92 Å². The number of carbonyl (C=O) groups excluding carboxylic acids is 2. The van der Waals surface area contributed by atoms with Crippen molar-refractivity contribution < 1.29 is 9.59 Å². The van der Waals surface area contributed by atoms with Gasteiger partial charge in [-0.1, -0.05) is 30.3 Å². The average molecular weight is 336 g/mol. The van der Waals surface area contributed by atoms with Crippen molar-refractivity contribution in [1.82, 2.24) is 0 Å². The van der Waals surface area contributed by atoms with Crippen molar-refractivity contribution in [2.24, 2.45) is 5.92 Å². The Morgan fingerprint density at radius 1 is 0.917 bits per heavy atom. The van der Waals surface area contributed by atoms with Crippen molar-refractivity contribution in [2.45, 2.75) is 12.8 Å². The minimum atomic E-state index is -0.165. The first-order valence-electron chi connectivity index (χ1n) is 7.90. The summed E-state index contributed by atoms with van der Waals surface area (Å²) in [5, 5.41) is 8.71. The van der Waals surface area contributed by atoms with E-state index in [4.69, 9.17) is 0 Å². The highest BCUT2D eigenvalue weighted by molar-refractivity contribution is 7.18. The molecule has 0 unspecified atom stereocenters. The number of nitrogens with one attached hydrogen (secondary N) is 2. The van der Waals surface area contributed by atoms with Crippen LogP contribution in [-0.2, 0) is 4.79 Å². The molecule has 4 rings (SSSR count). The van der Waals surface area contributed by atoms with Gasteiger partial charge in [0.1, 0.15) is 0 Å². The van der Waals surface area contributed by atoms with Gasteiger partial charge in [0.2, 0.25) is 5.91 Å². The van der Waals surface area contributed by atoms with Gasteiger partial charge in [0.05, 0.1) is 9.88 Å². The number of rotatable bonds is 4. The van der Waals surface area contributed by atoms with Crippen LogP contribution < -0.4 is 10.6 Å². The van der Waals surface area contributed by atoms with Gasteiger partial charge in [0, 0.05) is 11.6 Å². The molecule has 5 heteroatoms. The van der Waals surface area contributed by atoms with E-state index in [-0.39, 0.29) is 17.7 Å². The predicted octanol–water partition coefficient (Wildman–Crippen LogP) is 4.50. The van der Waals surface area contributed by atoms with Gasteiger partial charge in [-0.25, -0.2) is 0 Å². The Morgan fingerprint density at radius 3 is 2.50 bits per heavy atom. The third-order valence-corrected chi connectivity index (χ3v) is 5.03. The zero-order valence-electron chi connectivity index (χ0n) is 12.9. The third kappa shape index (κ3) is 3.16. The number of amides is 2. The molecule has 0 atom stereocenters. The predicted molar refractivity (Wildman–Crippen MR) is 97.6 cm³/mol. The van der Waals surface area contributed by atoms with Gasteiger partial charge in [-0.15, -0.1) is 11.3 Å². The van der Waals surface area contributed by atoms with E-state index >= 15 is 0 Å². The summed E-state index contributed by atoms with van der Waals surface area (Å²) in [5.41, 5.74) is 0.760.